The molecule has 3 fully saturated rings. The maximum Gasteiger partial charge on any atom is 0.433 e. The SMILES string of the molecule is O=C(N[C@@H](c1cc(F)c(Cl)cc1F)C1COC1)[C@H]1C[C@H]2C[C@H]2N1C(=O)c1ccnc(C(F)(F)F)c1. The fourth-order valence-electron chi connectivity index (χ4n) is 4.77. The topological polar surface area (TPSA) is 71.5 Å². The number of hydrogen-bond acceptors (Lipinski definition) is 4. The molecule has 35 heavy (non-hydrogen) atoms. The number of halogens is 6. The van der Waals surface area contributed by atoms with E-state index in [1.54, 1.807) is 0 Å². The summed E-state index contributed by atoms with van der Waals surface area (Å²) in [4.78, 5) is 31.0. The smallest absolute Gasteiger partial charge is 0.381 e. The van der Waals surface area contributed by atoms with Gasteiger partial charge in [0.1, 0.15) is 23.4 Å². The Hall–Kier alpha value is -2.79. The first-order valence-corrected chi connectivity index (χ1v) is 11.3. The molecule has 3 aliphatic rings. The number of alkyl halides is 3. The fraction of sp³-hybridized carbons (Fsp3) is 0.435. The van der Waals surface area contributed by atoms with E-state index in [-0.39, 0.29) is 42.2 Å². The van der Waals surface area contributed by atoms with E-state index in [0.717, 1.165) is 18.3 Å². The highest BCUT2D eigenvalue weighted by Gasteiger charge is 2.56. The second-order valence-corrected chi connectivity index (χ2v) is 9.43. The molecule has 0 unspecified atom stereocenters. The van der Waals surface area contributed by atoms with E-state index in [0.29, 0.717) is 18.9 Å². The van der Waals surface area contributed by atoms with Gasteiger partial charge in [-0.25, -0.2) is 8.78 Å². The zero-order valence-electron chi connectivity index (χ0n) is 18.0. The van der Waals surface area contributed by atoms with E-state index in [9.17, 15) is 31.5 Å². The monoisotopic (exact) mass is 515 g/mol. The molecule has 0 radical (unpaired) electrons. The molecule has 12 heteroatoms. The number of fused-ring (bicyclic) bond motifs is 1. The Balaban J connectivity index is 1.39. The van der Waals surface area contributed by atoms with Crippen molar-refractivity contribution in [3.63, 3.8) is 0 Å². The molecule has 0 spiro atoms. The molecule has 1 N–H and O–H groups in total. The van der Waals surface area contributed by atoms with Gasteiger partial charge in [0.15, 0.2) is 0 Å². The Morgan fingerprint density at radius 1 is 1.14 bits per heavy atom. The molecule has 1 aromatic carbocycles. The number of piperidine rings is 1. The Morgan fingerprint density at radius 2 is 1.89 bits per heavy atom. The fourth-order valence-corrected chi connectivity index (χ4v) is 4.92. The van der Waals surface area contributed by atoms with Gasteiger partial charge in [-0.3, -0.25) is 14.6 Å². The van der Waals surface area contributed by atoms with Crippen LogP contribution in [0.5, 0.6) is 0 Å². The lowest BCUT2D eigenvalue weighted by Gasteiger charge is -2.36. The first kappa shape index (κ1) is 23.9. The van der Waals surface area contributed by atoms with Crippen LogP contribution in [0.3, 0.4) is 0 Å². The van der Waals surface area contributed by atoms with Crippen LogP contribution in [0.1, 0.15) is 40.5 Å². The van der Waals surface area contributed by atoms with Crippen molar-refractivity contribution in [3.05, 3.63) is 63.9 Å². The Kier molecular flexibility index (Phi) is 5.95. The summed E-state index contributed by atoms with van der Waals surface area (Å²) in [6.45, 7) is 0.425. The summed E-state index contributed by atoms with van der Waals surface area (Å²) in [7, 11) is 0. The molecule has 2 aromatic rings. The van der Waals surface area contributed by atoms with Gasteiger partial charge in [0.25, 0.3) is 5.91 Å². The van der Waals surface area contributed by atoms with Crippen LogP contribution < -0.4 is 5.32 Å². The van der Waals surface area contributed by atoms with Crippen molar-refractivity contribution >= 4 is 23.4 Å². The molecule has 6 nitrogen and oxygen atoms in total. The molecule has 0 bridgehead atoms. The van der Waals surface area contributed by atoms with Crippen LogP contribution in [0, 0.1) is 23.5 Å². The van der Waals surface area contributed by atoms with Gasteiger partial charge < -0.3 is 15.0 Å². The normalized spacial score (nSPS) is 24.5. The van der Waals surface area contributed by atoms with Crippen LogP contribution in [0.15, 0.2) is 30.5 Å². The minimum absolute atomic E-state index is 0.0498. The van der Waals surface area contributed by atoms with Crippen LogP contribution in [0.4, 0.5) is 22.0 Å². The van der Waals surface area contributed by atoms with Gasteiger partial charge in [-0.2, -0.15) is 13.2 Å². The molecule has 2 amide bonds. The highest BCUT2D eigenvalue weighted by molar-refractivity contribution is 6.30. The molecule has 1 aromatic heterocycles. The number of rotatable bonds is 5. The van der Waals surface area contributed by atoms with E-state index in [2.05, 4.69) is 10.3 Å². The van der Waals surface area contributed by atoms with E-state index in [4.69, 9.17) is 16.3 Å². The molecular weight excluding hydrogens is 497 g/mol. The summed E-state index contributed by atoms with van der Waals surface area (Å²) in [6.07, 6.45) is -2.86. The first-order valence-electron chi connectivity index (χ1n) is 10.9. The average Bonchev–Trinajstić information content (AvgIpc) is 3.43. The number of ether oxygens (including phenoxy) is 1. The van der Waals surface area contributed by atoms with Crippen molar-refractivity contribution in [3.8, 4) is 0 Å². The Morgan fingerprint density at radius 3 is 2.54 bits per heavy atom. The van der Waals surface area contributed by atoms with Gasteiger partial charge in [0.05, 0.1) is 24.3 Å². The first-order chi connectivity index (χ1) is 16.5. The third-order valence-corrected chi connectivity index (χ3v) is 7.04. The van der Waals surface area contributed by atoms with Gasteiger partial charge >= 0.3 is 6.18 Å². The molecule has 2 saturated heterocycles. The van der Waals surface area contributed by atoms with Crippen LogP contribution in [-0.2, 0) is 15.7 Å². The molecule has 1 saturated carbocycles. The van der Waals surface area contributed by atoms with E-state index in [1.165, 1.54) is 11.0 Å². The zero-order chi connectivity index (χ0) is 25.1. The van der Waals surface area contributed by atoms with E-state index < -0.39 is 52.4 Å². The molecule has 1 aliphatic carbocycles. The highest BCUT2D eigenvalue weighted by atomic mass is 35.5. The lowest BCUT2D eigenvalue weighted by Crippen LogP contribution is -2.51. The number of aromatic nitrogens is 1. The standard InChI is InChI=1S/C23H19ClF5N3O3/c24-14-7-15(25)13(6-16(14)26)20(12-8-35-9-12)31-21(33)18-4-11-3-17(11)32(18)22(34)10-1-2-30-19(5-10)23(27,28)29/h1-2,5-7,11-12,17-18,20H,3-4,8-9H2,(H,31,33)/t11-,17-,18-,20-/m1/s1. The number of nitrogens with zero attached hydrogens (tertiary/aromatic N) is 2. The second-order valence-electron chi connectivity index (χ2n) is 9.03. The van der Waals surface area contributed by atoms with Gasteiger partial charge in [-0.15, -0.1) is 0 Å². The van der Waals surface area contributed by atoms with Crippen molar-refractivity contribution < 1.29 is 36.3 Å². The van der Waals surface area contributed by atoms with Gasteiger partial charge in [-0.05, 0) is 43.0 Å². The van der Waals surface area contributed by atoms with E-state index >= 15 is 0 Å². The average molecular weight is 516 g/mol. The van der Waals surface area contributed by atoms with Gasteiger partial charge in [-0.1, -0.05) is 11.6 Å². The van der Waals surface area contributed by atoms with Crippen molar-refractivity contribution in [1.29, 1.82) is 0 Å². The number of hydrogen-bond donors (Lipinski definition) is 1. The second kappa shape index (κ2) is 8.70. The molecule has 186 valence electrons. The number of likely N-dealkylation sites (tertiary alicyclic amines) is 1. The number of benzene rings is 1. The number of carbonyl (C=O) groups excluding carboxylic acids is 2. The summed E-state index contributed by atoms with van der Waals surface area (Å²) in [6, 6.07) is 1.41. The quantitative estimate of drug-likeness (QED) is 0.480. The third-order valence-electron chi connectivity index (χ3n) is 6.75. The lowest BCUT2D eigenvalue weighted by molar-refractivity contribution is -0.141. The minimum atomic E-state index is -4.73. The van der Waals surface area contributed by atoms with Crippen LogP contribution >= 0.6 is 11.6 Å². The molecular formula is C23H19ClF5N3O3. The number of nitrogens with one attached hydrogen (secondary N) is 1. The maximum absolute atomic E-state index is 14.7. The summed E-state index contributed by atoms with van der Waals surface area (Å²) in [5.74, 6) is -3.23. The molecule has 2 aliphatic heterocycles. The maximum atomic E-state index is 14.7. The van der Waals surface area contributed by atoms with Crippen molar-refractivity contribution in [2.24, 2.45) is 11.8 Å². The summed E-state index contributed by atoms with van der Waals surface area (Å²) in [5.41, 5.74) is -1.54. The summed E-state index contributed by atoms with van der Waals surface area (Å²) in [5, 5.41) is 2.32. The molecule has 3 heterocycles. The van der Waals surface area contributed by atoms with Gasteiger partial charge in [0.2, 0.25) is 5.91 Å². The molecule has 4 atom stereocenters. The number of pyridine rings is 1. The minimum Gasteiger partial charge on any atom is -0.381 e. The van der Waals surface area contributed by atoms with Crippen molar-refractivity contribution in [1.82, 2.24) is 15.2 Å². The van der Waals surface area contributed by atoms with Crippen LogP contribution in [0.2, 0.25) is 5.02 Å². The lowest BCUT2D eigenvalue weighted by atomic mass is 9.90. The van der Waals surface area contributed by atoms with Crippen LogP contribution in [-0.4, -0.2) is 47.0 Å². The molecule has 5 rings (SSSR count). The summed E-state index contributed by atoms with van der Waals surface area (Å²) < 4.78 is 73.1. The Labute approximate surface area is 201 Å². The van der Waals surface area contributed by atoms with E-state index in [1.807, 2.05) is 0 Å². The zero-order valence-corrected chi connectivity index (χ0v) is 18.7. The predicted octanol–water partition coefficient (Wildman–Crippen LogP) is 4.14. The van der Waals surface area contributed by atoms with Crippen molar-refractivity contribution in [2.75, 3.05) is 13.2 Å². The number of amides is 2. The largest absolute Gasteiger partial charge is 0.433 e. The predicted molar refractivity (Wildman–Crippen MR) is 112 cm³/mol. The highest BCUT2D eigenvalue weighted by Crippen LogP contribution is 2.49. The van der Waals surface area contributed by atoms with Crippen LogP contribution in [0.25, 0.3) is 0 Å². The summed E-state index contributed by atoms with van der Waals surface area (Å²) >= 11 is 5.65. The van der Waals surface area contributed by atoms with Gasteiger partial charge in [0, 0.05) is 29.3 Å². The third kappa shape index (κ3) is 4.47. The van der Waals surface area contributed by atoms with Crippen molar-refractivity contribution in [2.45, 2.75) is 37.1 Å². The Bertz CT molecular complexity index is 1190. The number of carbonyl (C=O) groups is 2.